The van der Waals surface area contributed by atoms with Gasteiger partial charge in [-0.05, 0) is 18.4 Å². The van der Waals surface area contributed by atoms with Crippen LogP contribution in [0.3, 0.4) is 0 Å². The third kappa shape index (κ3) is 7.16. The molecule has 1 unspecified atom stereocenters. The van der Waals surface area contributed by atoms with E-state index in [0.29, 0.717) is 17.9 Å². The summed E-state index contributed by atoms with van der Waals surface area (Å²) in [7, 11) is 0. The Morgan fingerprint density at radius 2 is 2.00 bits per heavy atom. The van der Waals surface area contributed by atoms with E-state index in [1.165, 1.54) is 0 Å². The third-order valence-corrected chi connectivity index (χ3v) is 2.93. The second kappa shape index (κ2) is 8.29. The fraction of sp³-hybridized carbons (Fsp3) is 0.500. The zero-order chi connectivity index (χ0) is 12.5. The molecule has 0 fully saturated rings. The molecule has 0 radical (unpaired) electrons. The molecule has 2 nitrogen and oxygen atoms in total. The average molecular weight is 299 g/mol. The Balaban J connectivity index is 2.09. The number of unbranched alkanes of at least 4 members (excludes halogenated alkanes) is 1. The van der Waals surface area contributed by atoms with Gasteiger partial charge in [0.2, 0.25) is 0 Å². The SMILES string of the molecule is CC(Br)CCCCC(=O)OCc1ccccc1. The van der Waals surface area contributed by atoms with Crippen LogP contribution in [0.2, 0.25) is 0 Å². The Morgan fingerprint density at radius 3 is 2.65 bits per heavy atom. The summed E-state index contributed by atoms with van der Waals surface area (Å²) in [5, 5.41) is 0. The van der Waals surface area contributed by atoms with Crippen molar-refractivity contribution in [2.24, 2.45) is 0 Å². The van der Waals surface area contributed by atoms with Crippen LogP contribution in [0.1, 0.15) is 38.2 Å². The molecule has 1 aromatic rings. The zero-order valence-corrected chi connectivity index (χ0v) is 11.8. The van der Waals surface area contributed by atoms with Crippen molar-refractivity contribution in [2.75, 3.05) is 0 Å². The molecule has 1 atom stereocenters. The minimum atomic E-state index is -0.101. The van der Waals surface area contributed by atoms with Crippen molar-refractivity contribution in [3.05, 3.63) is 35.9 Å². The smallest absolute Gasteiger partial charge is 0.306 e. The fourth-order valence-corrected chi connectivity index (χ4v) is 1.83. The number of esters is 1. The van der Waals surface area contributed by atoms with Crippen molar-refractivity contribution in [3.8, 4) is 0 Å². The lowest BCUT2D eigenvalue weighted by atomic mass is 10.1. The van der Waals surface area contributed by atoms with Gasteiger partial charge in [-0.2, -0.15) is 0 Å². The number of hydrogen-bond acceptors (Lipinski definition) is 2. The fourth-order valence-electron chi connectivity index (χ4n) is 1.51. The Morgan fingerprint density at radius 1 is 1.29 bits per heavy atom. The van der Waals surface area contributed by atoms with Crippen LogP contribution in [0.4, 0.5) is 0 Å². The van der Waals surface area contributed by atoms with E-state index in [1.807, 2.05) is 30.3 Å². The van der Waals surface area contributed by atoms with E-state index in [-0.39, 0.29) is 5.97 Å². The van der Waals surface area contributed by atoms with Crippen molar-refractivity contribution in [2.45, 2.75) is 44.0 Å². The Hall–Kier alpha value is -0.830. The molecule has 17 heavy (non-hydrogen) atoms. The summed E-state index contributed by atoms with van der Waals surface area (Å²) < 4.78 is 5.18. The third-order valence-electron chi connectivity index (χ3n) is 2.48. The van der Waals surface area contributed by atoms with Gasteiger partial charge in [0.25, 0.3) is 0 Å². The van der Waals surface area contributed by atoms with Gasteiger partial charge in [-0.25, -0.2) is 0 Å². The van der Waals surface area contributed by atoms with Crippen LogP contribution >= 0.6 is 15.9 Å². The van der Waals surface area contributed by atoms with E-state index in [9.17, 15) is 4.79 Å². The first-order chi connectivity index (χ1) is 8.18. The first-order valence-electron chi connectivity index (χ1n) is 6.02. The number of benzene rings is 1. The molecule has 0 heterocycles. The van der Waals surface area contributed by atoms with Crippen LogP contribution in [-0.2, 0) is 16.1 Å². The van der Waals surface area contributed by atoms with Gasteiger partial charge < -0.3 is 4.74 Å². The first-order valence-corrected chi connectivity index (χ1v) is 6.93. The van der Waals surface area contributed by atoms with Crippen molar-refractivity contribution >= 4 is 21.9 Å². The highest BCUT2D eigenvalue weighted by Gasteiger charge is 2.03. The first kappa shape index (κ1) is 14.2. The second-order valence-electron chi connectivity index (χ2n) is 4.17. The van der Waals surface area contributed by atoms with Gasteiger partial charge in [0.1, 0.15) is 6.61 Å². The predicted octanol–water partition coefficient (Wildman–Crippen LogP) is 4.07. The van der Waals surface area contributed by atoms with Gasteiger partial charge in [0.15, 0.2) is 0 Å². The van der Waals surface area contributed by atoms with Crippen molar-refractivity contribution in [1.82, 2.24) is 0 Å². The number of alkyl halides is 1. The van der Waals surface area contributed by atoms with E-state index in [2.05, 4.69) is 22.9 Å². The number of carbonyl (C=O) groups is 1. The Kier molecular flexibility index (Phi) is 6.94. The van der Waals surface area contributed by atoms with E-state index in [1.54, 1.807) is 0 Å². The van der Waals surface area contributed by atoms with Crippen LogP contribution in [0.15, 0.2) is 30.3 Å². The highest BCUT2D eigenvalue weighted by Crippen LogP contribution is 2.10. The Bertz CT molecular complexity index is 322. The lowest BCUT2D eigenvalue weighted by Gasteiger charge is -2.05. The number of rotatable bonds is 7. The molecule has 1 rings (SSSR count). The van der Waals surface area contributed by atoms with Gasteiger partial charge in [-0.1, -0.05) is 59.6 Å². The molecule has 3 heteroatoms. The second-order valence-corrected chi connectivity index (χ2v) is 5.74. The summed E-state index contributed by atoms with van der Waals surface area (Å²) in [6.45, 7) is 2.50. The quantitative estimate of drug-likeness (QED) is 0.431. The van der Waals surface area contributed by atoms with Gasteiger partial charge in [-0.3, -0.25) is 4.79 Å². The molecule has 0 saturated heterocycles. The summed E-state index contributed by atoms with van der Waals surface area (Å²) in [6.07, 6.45) is 3.59. The van der Waals surface area contributed by atoms with E-state index >= 15 is 0 Å². The van der Waals surface area contributed by atoms with Crippen molar-refractivity contribution in [1.29, 1.82) is 0 Å². The number of hydrogen-bond donors (Lipinski definition) is 0. The lowest BCUT2D eigenvalue weighted by Crippen LogP contribution is -2.04. The maximum absolute atomic E-state index is 11.4. The van der Waals surface area contributed by atoms with E-state index < -0.39 is 0 Å². The van der Waals surface area contributed by atoms with Crippen molar-refractivity contribution < 1.29 is 9.53 Å². The van der Waals surface area contributed by atoms with E-state index in [4.69, 9.17) is 4.74 Å². The number of ether oxygens (including phenoxy) is 1. The molecule has 0 aliphatic heterocycles. The summed E-state index contributed by atoms with van der Waals surface area (Å²) in [6, 6.07) is 9.76. The molecule has 0 bridgehead atoms. The Labute approximate surface area is 111 Å². The van der Waals surface area contributed by atoms with Gasteiger partial charge in [0.05, 0.1) is 0 Å². The average Bonchev–Trinajstić information content (AvgIpc) is 2.33. The minimum absolute atomic E-state index is 0.101. The molecule has 0 aliphatic rings. The molecule has 1 aromatic carbocycles. The maximum Gasteiger partial charge on any atom is 0.306 e. The molecular weight excluding hydrogens is 280 g/mol. The topological polar surface area (TPSA) is 26.3 Å². The summed E-state index contributed by atoms with van der Waals surface area (Å²) in [5.41, 5.74) is 1.04. The summed E-state index contributed by atoms with van der Waals surface area (Å²) >= 11 is 3.49. The summed E-state index contributed by atoms with van der Waals surface area (Å²) in [5.74, 6) is -0.101. The minimum Gasteiger partial charge on any atom is -0.461 e. The molecule has 0 N–H and O–H groups in total. The molecule has 0 aliphatic carbocycles. The standard InChI is InChI=1S/C14H19BrO2/c1-12(15)7-5-6-10-14(16)17-11-13-8-3-2-4-9-13/h2-4,8-9,12H,5-7,10-11H2,1H3. The molecule has 0 spiro atoms. The van der Waals surface area contributed by atoms with Crippen LogP contribution in [0, 0.1) is 0 Å². The lowest BCUT2D eigenvalue weighted by molar-refractivity contribution is -0.145. The molecule has 0 saturated carbocycles. The molecule has 0 amide bonds. The van der Waals surface area contributed by atoms with Crippen LogP contribution in [0.5, 0.6) is 0 Å². The van der Waals surface area contributed by atoms with Crippen LogP contribution in [-0.4, -0.2) is 10.8 Å². The summed E-state index contributed by atoms with van der Waals surface area (Å²) in [4.78, 5) is 12.0. The van der Waals surface area contributed by atoms with E-state index in [0.717, 1.165) is 24.8 Å². The van der Waals surface area contributed by atoms with Crippen LogP contribution < -0.4 is 0 Å². The van der Waals surface area contributed by atoms with Crippen LogP contribution in [0.25, 0.3) is 0 Å². The molecule has 0 aromatic heterocycles. The largest absolute Gasteiger partial charge is 0.461 e. The van der Waals surface area contributed by atoms with Crippen molar-refractivity contribution in [3.63, 3.8) is 0 Å². The van der Waals surface area contributed by atoms with Gasteiger partial charge in [0, 0.05) is 11.2 Å². The highest BCUT2D eigenvalue weighted by molar-refractivity contribution is 9.09. The maximum atomic E-state index is 11.4. The number of carbonyl (C=O) groups excluding carboxylic acids is 1. The highest BCUT2D eigenvalue weighted by atomic mass is 79.9. The monoisotopic (exact) mass is 298 g/mol. The predicted molar refractivity (Wildman–Crippen MR) is 73.1 cm³/mol. The normalized spacial score (nSPS) is 12.1. The molecular formula is C14H19BrO2. The zero-order valence-electron chi connectivity index (χ0n) is 10.2. The number of halogens is 1. The van der Waals surface area contributed by atoms with Gasteiger partial charge in [-0.15, -0.1) is 0 Å². The molecule has 94 valence electrons. The van der Waals surface area contributed by atoms with Gasteiger partial charge >= 0.3 is 5.97 Å².